The third kappa shape index (κ3) is 6.75. The Kier molecular flexibility index (Phi) is 6.68. The maximum Gasteiger partial charge on any atom is 0.143 e. The average Bonchev–Trinajstić information content (AvgIpc) is 2.26. The van der Waals surface area contributed by atoms with Gasteiger partial charge in [-0.15, -0.1) is 11.8 Å². The van der Waals surface area contributed by atoms with E-state index < -0.39 is 0 Å². The first kappa shape index (κ1) is 14.6. The second-order valence-electron chi connectivity index (χ2n) is 4.57. The van der Waals surface area contributed by atoms with Crippen LogP contribution in [0.3, 0.4) is 0 Å². The minimum Gasteiger partial charge on any atom is -0.299 e. The monoisotopic (exact) mass is 270 g/mol. The van der Waals surface area contributed by atoms with Gasteiger partial charge in [0.25, 0.3) is 0 Å². The summed E-state index contributed by atoms with van der Waals surface area (Å²) >= 11 is 7.45. The number of benzene rings is 1. The van der Waals surface area contributed by atoms with Crippen molar-refractivity contribution >= 4 is 29.1 Å². The molecule has 0 aliphatic rings. The fourth-order valence-corrected chi connectivity index (χ4v) is 2.61. The zero-order chi connectivity index (χ0) is 12.7. The van der Waals surface area contributed by atoms with E-state index in [1.165, 1.54) is 0 Å². The van der Waals surface area contributed by atoms with Gasteiger partial charge in [-0.25, -0.2) is 0 Å². The molecule has 3 heteroatoms. The Morgan fingerprint density at radius 3 is 2.82 bits per heavy atom. The molecule has 0 aliphatic heterocycles. The highest BCUT2D eigenvalue weighted by Gasteiger charge is 2.04. The Morgan fingerprint density at radius 2 is 2.18 bits per heavy atom. The second-order valence-corrected chi connectivity index (χ2v) is 6.06. The smallest absolute Gasteiger partial charge is 0.143 e. The minimum atomic E-state index is 0.329. The lowest BCUT2D eigenvalue weighted by Gasteiger charge is -2.04. The van der Waals surface area contributed by atoms with Gasteiger partial charge in [0.1, 0.15) is 5.78 Å². The third-order valence-corrected chi connectivity index (χ3v) is 3.72. The Hall–Kier alpha value is -0.470. The van der Waals surface area contributed by atoms with Crippen molar-refractivity contribution in [1.29, 1.82) is 0 Å². The van der Waals surface area contributed by atoms with Crippen molar-refractivity contribution in [2.45, 2.75) is 38.0 Å². The molecule has 0 N–H and O–H groups in total. The van der Waals surface area contributed by atoms with Crippen molar-refractivity contribution in [3.05, 3.63) is 29.3 Å². The summed E-state index contributed by atoms with van der Waals surface area (Å²) in [7, 11) is 0. The predicted molar refractivity (Wildman–Crippen MR) is 75.9 cm³/mol. The molecule has 17 heavy (non-hydrogen) atoms. The fourth-order valence-electron chi connectivity index (χ4n) is 1.50. The summed E-state index contributed by atoms with van der Waals surface area (Å²) < 4.78 is 0. The summed E-state index contributed by atoms with van der Waals surface area (Å²) in [5, 5.41) is 0.724. The quantitative estimate of drug-likeness (QED) is 0.660. The van der Waals surface area contributed by atoms with Gasteiger partial charge in [-0.3, -0.25) is 4.79 Å². The van der Waals surface area contributed by atoms with Gasteiger partial charge in [-0.05, 0) is 30.5 Å². The van der Waals surface area contributed by atoms with Gasteiger partial charge < -0.3 is 0 Å². The van der Waals surface area contributed by atoms with Crippen LogP contribution in [0.1, 0.15) is 33.1 Å². The molecule has 1 aromatic rings. The van der Waals surface area contributed by atoms with Crippen LogP contribution in [-0.4, -0.2) is 11.5 Å². The normalized spacial score (nSPS) is 10.8. The largest absolute Gasteiger partial charge is 0.299 e. The lowest BCUT2D eigenvalue weighted by molar-refractivity contribution is -0.116. The topological polar surface area (TPSA) is 17.1 Å². The van der Waals surface area contributed by atoms with Gasteiger partial charge in [-0.1, -0.05) is 37.9 Å². The molecular formula is C14H19ClOS. The zero-order valence-corrected chi connectivity index (χ0v) is 12.0. The first-order valence-corrected chi connectivity index (χ1v) is 7.34. The minimum absolute atomic E-state index is 0.329. The number of halogens is 1. The summed E-state index contributed by atoms with van der Waals surface area (Å²) in [6.45, 7) is 4.37. The lowest BCUT2D eigenvalue weighted by Crippen LogP contribution is -2.02. The molecular weight excluding hydrogens is 252 g/mol. The van der Waals surface area contributed by atoms with E-state index in [1.807, 2.05) is 24.3 Å². The summed E-state index contributed by atoms with van der Waals surface area (Å²) in [6.07, 6.45) is 2.84. The Labute approximate surface area is 113 Å². The number of hydrogen-bond acceptors (Lipinski definition) is 2. The maximum atomic E-state index is 11.6. The van der Waals surface area contributed by atoms with Gasteiger partial charge in [0, 0.05) is 16.3 Å². The van der Waals surface area contributed by atoms with E-state index in [0.717, 1.165) is 22.8 Å². The van der Waals surface area contributed by atoms with Crippen molar-refractivity contribution in [3.63, 3.8) is 0 Å². The molecule has 1 aromatic carbocycles. The summed E-state index contributed by atoms with van der Waals surface area (Å²) in [6, 6.07) is 7.63. The van der Waals surface area contributed by atoms with Gasteiger partial charge in [0.05, 0.1) is 5.75 Å². The average molecular weight is 271 g/mol. The van der Waals surface area contributed by atoms with Crippen LogP contribution in [0.2, 0.25) is 5.02 Å². The molecule has 0 bridgehead atoms. The molecule has 0 amide bonds. The van der Waals surface area contributed by atoms with Gasteiger partial charge in [-0.2, -0.15) is 0 Å². The van der Waals surface area contributed by atoms with Crippen LogP contribution >= 0.6 is 23.4 Å². The number of Topliss-reactive ketones (excluding diaryl/α,β-unsaturated/α-hetero) is 1. The molecule has 0 fully saturated rings. The highest BCUT2D eigenvalue weighted by Crippen LogP contribution is 2.22. The van der Waals surface area contributed by atoms with Crippen LogP contribution in [0.5, 0.6) is 0 Å². The molecule has 0 aromatic heterocycles. The van der Waals surface area contributed by atoms with Crippen LogP contribution in [0.25, 0.3) is 0 Å². The molecule has 0 saturated carbocycles. The first-order chi connectivity index (χ1) is 8.08. The number of carbonyl (C=O) groups is 1. The number of hydrogen-bond donors (Lipinski definition) is 0. The van der Waals surface area contributed by atoms with Crippen molar-refractivity contribution in [3.8, 4) is 0 Å². The van der Waals surface area contributed by atoms with Crippen molar-refractivity contribution < 1.29 is 4.79 Å². The molecule has 0 atom stereocenters. The summed E-state index contributed by atoms with van der Waals surface area (Å²) in [5.74, 6) is 1.57. The van der Waals surface area contributed by atoms with E-state index in [-0.39, 0.29) is 0 Å². The summed E-state index contributed by atoms with van der Waals surface area (Å²) in [4.78, 5) is 12.7. The number of ketones is 1. The van der Waals surface area contributed by atoms with E-state index >= 15 is 0 Å². The second kappa shape index (κ2) is 7.78. The first-order valence-electron chi connectivity index (χ1n) is 5.98. The number of thioether (sulfide) groups is 1. The van der Waals surface area contributed by atoms with Crippen molar-refractivity contribution in [2.24, 2.45) is 5.92 Å². The fraction of sp³-hybridized carbons (Fsp3) is 0.500. The standard InChI is InChI=1S/C14H19ClOS/c1-11(2)5-3-7-13(16)10-17-14-8-4-6-12(15)9-14/h4,6,8-9,11H,3,5,7,10H2,1-2H3. The highest BCUT2D eigenvalue weighted by molar-refractivity contribution is 8.00. The third-order valence-electron chi connectivity index (χ3n) is 2.43. The van der Waals surface area contributed by atoms with Crippen molar-refractivity contribution in [1.82, 2.24) is 0 Å². The van der Waals surface area contributed by atoms with Gasteiger partial charge in [0.15, 0.2) is 0 Å². The Morgan fingerprint density at radius 1 is 1.41 bits per heavy atom. The molecule has 0 spiro atoms. The molecule has 0 unspecified atom stereocenters. The van der Waals surface area contributed by atoms with Crippen molar-refractivity contribution in [2.75, 3.05) is 5.75 Å². The van der Waals surface area contributed by atoms with E-state index in [4.69, 9.17) is 11.6 Å². The predicted octanol–water partition coefficient (Wildman–Crippen LogP) is 4.83. The molecule has 0 radical (unpaired) electrons. The summed E-state index contributed by atoms with van der Waals surface area (Å²) in [5.41, 5.74) is 0. The van der Waals surface area contributed by atoms with Crippen LogP contribution in [0, 0.1) is 5.92 Å². The highest BCUT2D eigenvalue weighted by atomic mass is 35.5. The lowest BCUT2D eigenvalue weighted by atomic mass is 10.1. The van der Waals surface area contributed by atoms with Gasteiger partial charge >= 0.3 is 0 Å². The van der Waals surface area contributed by atoms with Crippen LogP contribution < -0.4 is 0 Å². The number of carbonyl (C=O) groups excluding carboxylic acids is 1. The van der Waals surface area contributed by atoms with E-state index in [9.17, 15) is 4.79 Å². The van der Waals surface area contributed by atoms with Crippen LogP contribution in [0.4, 0.5) is 0 Å². The zero-order valence-electron chi connectivity index (χ0n) is 10.4. The van der Waals surface area contributed by atoms with Crippen LogP contribution in [-0.2, 0) is 4.79 Å². The Balaban J connectivity index is 2.24. The number of rotatable bonds is 7. The van der Waals surface area contributed by atoms with E-state index in [1.54, 1.807) is 11.8 Å². The van der Waals surface area contributed by atoms with E-state index in [0.29, 0.717) is 23.9 Å². The molecule has 0 aliphatic carbocycles. The molecule has 1 rings (SSSR count). The molecule has 0 heterocycles. The van der Waals surface area contributed by atoms with Crippen LogP contribution in [0.15, 0.2) is 29.2 Å². The maximum absolute atomic E-state index is 11.6. The molecule has 94 valence electrons. The van der Waals surface area contributed by atoms with E-state index in [2.05, 4.69) is 13.8 Å². The SMILES string of the molecule is CC(C)CCCC(=O)CSc1cccc(Cl)c1. The van der Waals surface area contributed by atoms with Gasteiger partial charge in [0.2, 0.25) is 0 Å². The molecule has 0 saturated heterocycles. The molecule has 1 nitrogen and oxygen atoms in total. The Bertz CT molecular complexity index is 363.